The van der Waals surface area contributed by atoms with Crippen molar-refractivity contribution in [1.82, 2.24) is 5.32 Å². The quantitative estimate of drug-likeness (QED) is 0.842. The molecule has 0 aromatic heterocycles. The molecule has 0 aliphatic heterocycles. The molecule has 0 radical (unpaired) electrons. The number of fused-ring (bicyclic) bond motifs is 5. The van der Waals surface area contributed by atoms with Crippen LogP contribution >= 0.6 is 0 Å². The molecule has 114 valence electrons. The van der Waals surface area contributed by atoms with Gasteiger partial charge in [-0.2, -0.15) is 0 Å². The molecule has 5 unspecified atom stereocenters. The van der Waals surface area contributed by atoms with Gasteiger partial charge >= 0.3 is 0 Å². The van der Waals surface area contributed by atoms with E-state index in [1.54, 1.807) is 12.1 Å². The second-order valence-corrected chi connectivity index (χ2v) is 7.50. The maximum absolute atomic E-state index is 13.7. The Morgan fingerprint density at radius 1 is 1.24 bits per heavy atom. The van der Waals surface area contributed by atoms with Crippen LogP contribution in [0.15, 0.2) is 18.2 Å². The van der Waals surface area contributed by atoms with E-state index in [4.69, 9.17) is 0 Å². The van der Waals surface area contributed by atoms with E-state index in [0.29, 0.717) is 6.04 Å². The van der Waals surface area contributed by atoms with Crippen molar-refractivity contribution in [1.29, 1.82) is 0 Å². The highest BCUT2D eigenvalue weighted by atomic mass is 19.1. The summed E-state index contributed by atoms with van der Waals surface area (Å²) in [6.45, 7) is 5.37. The van der Waals surface area contributed by atoms with Gasteiger partial charge in [0.05, 0.1) is 0 Å². The fraction of sp³-hybridized carbons (Fsp3) is 0.684. The van der Waals surface area contributed by atoms with Crippen molar-refractivity contribution in [2.24, 2.45) is 29.6 Å². The standard InChI is InChI=1S/C19H26FN/c1-3-8-21-19(15-10-14(20)7-4-11(15)2)18-16-12-5-6-13(9-12)17(16)18/h4,7,10,12-13,16-19,21H,3,5-6,8-9H2,1-2H3. The minimum atomic E-state index is -0.0901. The van der Waals surface area contributed by atoms with E-state index in [0.717, 1.165) is 42.6 Å². The zero-order valence-electron chi connectivity index (χ0n) is 13.1. The molecular weight excluding hydrogens is 261 g/mol. The number of rotatable bonds is 5. The number of benzene rings is 1. The molecule has 0 amide bonds. The van der Waals surface area contributed by atoms with Crippen LogP contribution in [0.3, 0.4) is 0 Å². The van der Waals surface area contributed by atoms with Gasteiger partial charge in [0.25, 0.3) is 0 Å². The Labute approximate surface area is 127 Å². The molecule has 1 nitrogen and oxygen atoms in total. The maximum atomic E-state index is 13.7. The highest BCUT2D eigenvalue weighted by Crippen LogP contribution is 2.72. The normalized spacial score (nSPS) is 37.6. The molecule has 4 rings (SSSR count). The first-order valence-electron chi connectivity index (χ1n) is 8.70. The molecule has 3 saturated carbocycles. The van der Waals surface area contributed by atoms with Gasteiger partial charge in [-0.1, -0.05) is 13.0 Å². The van der Waals surface area contributed by atoms with Crippen LogP contribution in [0, 0.1) is 42.3 Å². The van der Waals surface area contributed by atoms with Crippen LogP contribution in [0.2, 0.25) is 0 Å². The van der Waals surface area contributed by atoms with Gasteiger partial charge in [0, 0.05) is 6.04 Å². The summed E-state index contributed by atoms with van der Waals surface area (Å²) in [5.74, 6) is 4.49. The second-order valence-electron chi connectivity index (χ2n) is 7.50. The lowest BCUT2D eigenvalue weighted by Crippen LogP contribution is -2.27. The summed E-state index contributed by atoms with van der Waals surface area (Å²) in [7, 11) is 0. The fourth-order valence-electron chi connectivity index (χ4n) is 5.54. The molecule has 1 aromatic carbocycles. The van der Waals surface area contributed by atoms with Gasteiger partial charge in [-0.15, -0.1) is 0 Å². The summed E-state index contributed by atoms with van der Waals surface area (Å²) in [5, 5.41) is 3.75. The average Bonchev–Trinajstić information content (AvgIpc) is 2.89. The number of hydrogen-bond acceptors (Lipinski definition) is 1. The predicted octanol–water partition coefficient (Wildman–Crippen LogP) is 4.47. The van der Waals surface area contributed by atoms with Crippen LogP contribution in [0.4, 0.5) is 4.39 Å². The Kier molecular flexibility index (Phi) is 3.33. The number of hydrogen-bond donors (Lipinski definition) is 1. The lowest BCUT2D eigenvalue weighted by atomic mass is 9.90. The molecule has 0 heterocycles. The van der Waals surface area contributed by atoms with Crippen molar-refractivity contribution in [3.8, 4) is 0 Å². The summed E-state index contributed by atoms with van der Waals surface area (Å²) < 4.78 is 13.7. The monoisotopic (exact) mass is 287 g/mol. The van der Waals surface area contributed by atoms with Crippen LogP contribution in [0.5, 0.6) is 0 Å². The van der Waals surface area contributed by atoms with Crippen LogP contribution in [0.1, 0.15) is 49.8 Å². The first-order chi connectivity index (χ1) is 10.2. The summed E-state index contributed by atoms with van der Waals surface area (Å²) in [4.78, 5) is 0. The first kappa shape index (κ1) is 13.8. The summed E-state index contributed by atoms with van der Waals surface area (Å²) in [6.07, 6.45) is 5.52. The van der Waals surface area contributed by atoms with Crippen LogP contribution in [-0.2, 0) is 0 Å². The molecule has 2 bridgehead atoms. The van der Waals surface area contributed by atoms with Crippen molar-refractivity contribution >= 4 is 0 Å². The van der Waals surface area contributed by atoms with Crippen molar-refractivity contribution in [2.45, 2.75) is 45.6 Å². The van der Waals surface area contributed by atoms with E-state index >= 15 is 0 Å². The van der Waals surface area contributed by atoms with Gasteiger partial charge in [0.1, 0.15) is 5.82 Å². The van der Waals surface area contributed by atoms with Gasteiger partial charge in [-0.05, 0) is 92.0 Å². The van der Waals surface area contributed by atoms with Gasteiger partial charge in [0.15, 0.2) is 0 Å². The fourth-order valence-corrected chi connectivity index (χ4v) is 5.54. The Morgan fingerprint density at radius 2 is 1.95 bits per heavy atom. The lowest BCUT2D eigenvalue weighted by molar-refractivity contribution is 0.368. The van der Waals surface area contributed by atoms with Crippen molar-refractivity contribution < 1.29 is 4.39 Å². The van der Waals surface area contributed by atoms with Crippen LogP contribution < -0.4 is 5.32 Å². The van der Waals surface area contributed by atoms with E-state index in [1.807, 2.05) is 6.07 Å². The summed E-state index contributed by atoms with van der Waals surface area (Å²) >= 11 is 0. The molecule has 2 heteroatoms. The van der Waals surface area contributed by atoms with Crippen molar-refractivity contribution in [3.63, 3.8) is 0 Å². The summed E-state index contributed by atoms with van der Waals surface area (Å²) in [5.41, 5.74) is 2.45. The smallest absolute Gasteiger partial charge is 0.123 e. The zero-order valence-corrected chi connectivity index (χ0v) is 13.1. The Morgan fingerprint density at radius 3 is 2.62 bits per heavy atom. The molecule has 21 heavy (non-hydrogen) atoms. The molecule has 1 N–H and O–H groups in total. The molecule has 5 atom stereocenters. The number of aryl methyl sites for hydroxylation is 1. The minimum Gasteiger partial charge on any atom is -0.310 e. The topological polar surface area (TPSA) is 12.0 Å². The van der Waals surface area contributed by atoms with E-state index < -0.39 is 0 Å². The molecule has 3 aliphatic rings. The maximum Gasteiger partial charge on any atom is 0.123 e. The Hall–Kier alpha value is -0.890. The third-order valence-corrected chi connectivity index (χ3v) is 6.37. The number of halogens is 1. The minimum absolute atomic E-state index is 0.0901. The van der Waals surface area contributed by atoms with Gasteiger partial charge in [-0.3, -0.25) is 0 Å². The zero-order chi connectivity index (χ0) is 14.6. The van der Waals surface area contributed by atoms with Gasteiger partial charge in [0.2, 0.25) is 0 Å². The molecule has 1 aromatic rings. The largest absolute Gasteiger partial charge is 0.310 e. The predicted molar refractivity (Wildman–Crippen MR) is 83.5 cm³/mol. The molecule has 3 fully saturated rings. The Bertz CT molecular complexity index is 524. The highest BCUT2D eigenvalue weighted by molar-refractivity contribution is 5.33. The van der Waals surface area contributed by atoms with Gasteiger partial charge < -0.3 is 5.32 Å². The van der Waals surface area contributed by atoms with Crippen molar-refractivity contribution in [3.05, 3.63) is 35.1 Å². The third-order valence-electron chi connectivity index (χ3n) is 6.37. The molecule has 3 aliphatic carbocycles. The summed E-state index contributed by atoms with van der Waals surface area (Å²) in [6, 6.07) is 5.68. The van der Waals surface area contributed by atoms with E-state index in [9.17, 15) is 4.39 Å². The highest BCUT2D eigenvalue weighted by Gasteiger charge is 2.66. The van der Waals surface area contributed by atoms with E-state index in [-0.39, 0.29) is 5.82 Å². The van der Waals surface area contributed by atoms with Crippen LogP contribution in [0.25, 0.3) is 0 Å². The molecule has 0 saturated heterocycles. The number of nitrogens with one attached hydrogen (secondary N) is 1. The van der Waals surface area contributed by atoms with Crippen LogP contribution in [-0.4, -0.2) is 6.54 Å². The third kappa shape index (κ3) is 2.14. The van der Waals surface area contributed by atoms with Crippen molar-refractivity contribution in [2.75, 3.05) is 6.54 Å². The van der Waals surface area contributed by atoms with E-state index in [1.165, 1.54) is 30.4 Å². The average molecular weight is 287 g/mol. The van der Waals surface area contributed by atoms with E-state index in [2.05, 4.69) is 19.2 Å². The SMILES string of the molecule is CCCNC(c1cc(F)ccc1C)C1C2C3CCC(C3)C21. The molecule has 0 spiro atoms. The second kappa shape index (κ2) is 5.08. The lowest BCUT2D eigenvalue weighted by Gasteiger charge is -2.24. The van der Waals surface area contributed by atoms with Gasteiger partial charge in [-0.25, -0.2) is 4.39 Å². The molecular formula is C19H26FN. The Balaban J connectivity index is 1.62. The first-order valence-corrected chi connectivity index (χ1v) is 8.70.